The molecule has 47 heavy (non-hydrogen) atoms. The van der Waals surface area contributed by atoms with Crippen molar-refractivity contribution in [1.29, 1.82) is 0 Å². The zero-order valence-corrected chi connectivity index (χ0v) is 27.0. The number of nitrogens with zero attached hydrogens (tertiary/aromatic N) is 7. The topological polar surface area (TPSA) is 138 Å². The van der Waals surface area contributed by atoms with Gasteiger partial charge in [0.2, 0.25) is 5.91 Å². The zero-order chi connectivity index (χ0) is 32.3. The number of benzene rings is 2. The third-order valence-electron chi connectivity index (χ3n) is 10.2. The lowest BCUT2D eigenvalue weighted by molar-refractivity contribution is -0.135. The van der Waals surface area contributed by atoms with E-state index >= 15 is 0 Å². The number of hydrogen-bond donors (Lipinski definition) is 3. The first-order chi connectivity index (χ1) is 22.9. The van der Waals surface area contributed by atoms with E-state index in [9.17, 15) is 14.4 Å². The molecule has 4 aromatic rings. The van der Waals surface area contributed by atoms with E-state index in [-0.39, 0.29) is 23.7 Å². The Balaban J connectivity index is 1.000. The molecule has 3 aliphatic heterocycles. The number of carbonyl (C=O) groups excluding carboxylic acids is 2. The molecule has 3 aliphatic rings. The monoisotopic (exact) mass is 640 g/mol. The van der Waals surface area contributed by atoms with Gasteiger partial charge in [0.05, 0.1) is 17.8 Å². The Morgan fingerprint density at radius 1 is 0.894 bits per heavy atom. The number of H-pyrrole nitrogens is 2. The van der Waals surface area contributed by atoms with Gasteiger partial charge in [-0.1, -0.05) is 36.4 Å². The first-order valence-corrected chi connectivity index (χ1v) is 16.8. The Kier molecular flexibility index (Phi) is 9.07. The van der Waals surface area contributed by atoms with Crippen molar-refractivity contribution >= 4 is 22.8 Å². The number of piperidine rings is 2. The fraction of sp³-hybridized carbons (Fsp3) is 0.500. The summed E-state index contributed by atoms with van der Waals surface area (Å²) in [5.41, 5.74) is 2.51. The molecular weight excluding hydrogens is 596 g/mol. The minimum atomic E-state index is -0.688. The maximum Gasteiger partial charge on any atom is 0.343 e. The summed E-state index contributed by atoms with van der Waals surface area (Å²) < 4.78 is 1.52. The molecule has 13 heteroatoms. The number of urea groups is 1. The van der Waals surface area contributed by atoms with Crippen LogP contribution in [0, 0.1) is 0 Å². The van der Waals surface area contributed by atoms with Gasteiger partial charge in [0.15, 0.2) is 5.82 Å². The number of amides is 3. The molecule has 2 aromatic carbocycles. The van der Waals surface area contributed by atoms with Crippen molar-refractivity contribution in [1.82, 2.24) is 49.9 Å². The molecular formula is C34H44N10O3. The molecule has 3 fully saturated rings. The average molecular weight is 641 g/mol. The molecule has 5 heterocycles. The van der Waals surface area contributed by atoms with Gasteiger partial charge in [0, 0.05) is 75.8 Å². The second-order valence-corrected chi connectivity index (χ2v) is 13.2. The van der Waals surface area contributed by atoms with Crippen molar-refractivity contribution in [3.8, 4) is 11.4 Å². The van der Waals surface area contributed by atoms with E-state index in [1.165, 1.54) is 4.68 Å². The van der Waals surface area contributed by atoms with Gasteiger partial charge in [-0.2, -0.15) is 5.10 Å². The number of carbonyl (C=O) groups is 2. The molecule has 248 valence electrons. The number of fused-ring (bicyclic) bond motifs is 1. The molecule has 3 saturated heterocycles. The Morgan fingerprint density at radius 2 is 1.60 bits per heavy atom. The lowest BCUT2D eigenvalue weighted by atomic mass is 9.99. The average Bonchev–Trinajstić information content (AvgIpc) is 3.75. The van der Waals surface area contributed by atoms with Crippen molar-refractivity contribution in [2.75, 3.05) is 59.4 Å². The number of nitrogens with one attached hydrogen (secondary N) is 3. The highest BCUT2D eigenvalue weighted by atomic mass is 16.2. The van der Waals surface area contributed by atoms with Gasteiger partial charge >= 0.3 is 11.7 Å². The van der Waals surface area contributed by atoms with E-state index in [4.69, 9.17) is 0 Å². The molecule has 1 unspecified atom stereocenters. The van der Waals surface area contributed by atoms with E-state index in [1.807, 2.05) is 53.4 Å². The predicted molar refractivity (Wildman–Crippen MR) is 179 cm³/mol. The molecule has 0 spiro atoms. The van der Waals surface area contributed by atoms with Crippen molar-refractivity contribution in [3.63, 3.8) is 0 Å². The Bertz CT molecular complexity index is 1730. The predicted octanol–water partition coefficient (Wildman–Crippen LogP) is 2.31. The van der Waals surface area contributed by atoms with Crippen molar-refractivity contribution < 1.29 is 9.59 Å². The summed E-state index contributed by atoms with van der Waals surface area (Å²) in [5, 5.41) is 15.8. The maximum absolute atomic E-state index is 14.1. The molecule has 1 atom stereocenters. The highest BCUT2D eigenvalue weighted by molar-refractivity contribution is 5.88. The van der Waals surface area contributed by atoms with Crippen LogP contribution in [0.1, 0.15) is 37.3 Å². The SMILES string of the molecule is CN1CCN(C2CCN(C(=O)C(Cc3ccc4[nH]ncc4c3)NC(=O)N3CCC(n4nc(-c5ccccc5)[nH]c4=O)CC3)CC2)CC1. The van der Waals surface area contributed by atoms with Crippen LogP contribution in [0.15, 0.2) is 59.5 Å². The molecule has 13 nitrogen and oxygen atoms in total. The van der Waals surface area contributed by atoms with Gasteiger partial charge in [0.25, 0.3) is 0 Å². The fourth-order valence-corrected chi connectivity index (χ4v) is 7.28. The molecule has 3 amide bonds. The first kappa shape index (κ1) is 31.1. The molecule has 0 bridgehead atoms. The summed E-state index contributed by atoms with van der Waals surface area (Å²) in [6.07, 6.45) is 5.26. The van der Waals surface area contributed by atoms with Gasteiger partial charge in [-0.3, -0.25) is 19.8 Å². The van der Waals surface area contributed by atoms with E-state index < -0.39 is 6.04 Å². The fourth-order valence-electron chi connectivity index (χ4n) is 7.28. The number of hydrogen-bond acceptors (Lipinski definition) is 7. The van der Waals surface area contributed by atoms with Gasteiger partial charge in [-0.05, 0) is 50.4 Å². The molecule has 7 rings (SSSR count). The second kappa shape index (κ2) is 13.7. The lowest BCUT2D eigenvalue weighted by Crippen LogP contribution is -2.57. The summed E-state index contributed by atoms with van der Waals surface area (Å²) in [4.78, 5) is 52.0. The van der Waals surface area contributed by atoms with Crippen LogP contribution in [0.3, 0.4) is 0 Å². The summed E-state index contributed by atoms with van der Waals surface area (Å²) in [5.74, 6) is 0.507. The number of aromatic nitrogens is 5. The number of rotatable bonds is 7. The van der Waals surface area contributed by atoms with Gasteiger partial charge in [0.1, 0.15) is 6.04 Å². The van der Waals surface area contributed by atoms with Gasteiger partial charge in [-0.15, -0.1) is 5.10 Å². The van der Waals surface area contributed by atoms with Crippen LogP contribution in [0.2, 0.25) is 0 Å². The summed E-state index contributed by atoms with van der Waals surface area (Å²) in [7, 11) is 2.17. The van der Waals surface area contributed by atoms with E-state index in [2.05, 4.69) is 42.4 Å². The van der Waals surface area contributed by atoms with E-state index in [0.29, 0.717) is 57.3 Å². The highest BCUT2D eigenvalue weighted by Crippen LogP contribution is 2.24. The van der Waals surface area contributed by atoms with Crippen molar-refractivity contribution in [3.05, 3.63) is 70.8 Å². The number of likely N-dealkylation sites (tertiary alicyclic amines) is 2. The Morgan fingerprint density at radius 3 is 2.34 bits per heavy atom. The van der Waals surface area contributed by atoms with Crippen LogP contribution in [-0.4, -0.2) is 128 Å². The van der Waals surface area contributed by atoms with Crippen LogP contribution >= 0.6 is 0 Å². The molecule has 2 aromatic heterocycles. The van der Waals surface area contributed by atoms with Crippen LogP contribution in [-0.2, 0) is 11.2 Å². The van der Waals surface area contributed by atoms with E-state index in [0.717, 1.165) is 61.1 Å². The zero-order valence-electron chi connectivity index (χ0n) is 27.0. The minimum absolute atomic E-state index is 0.0335. The first-order valence-electron chi connectivity index (χ1n) is 16.8. The molecule has 3 N–H and O–H groups in total. The lowest BCUT2D eigenvalue weighted by Gasteiger charge is -2.42. The van der Waals surface area contributed by atoms with E-state index in [1.54, 1.807) is 11.1 Å². The Labute approximate surface area is 273 Å². The summed E-state index contributed by atoms with van der Waals surface area (Å²) in [6, 6.07) is 15.0. The van der Waals surface area contributed by atoms with Crippen LogP contribution in [0.25, 0.3) is 22.3 Å². The van der Waals surface area contributed by atoms with Gasteiger partial charge < -0.3 is 20.0 Å². The van der Waals surface area contributed by atoms with Crippen LogP contribution in [0.5, 0.6) is 0 Å². The summed E-state index contributed by atoms with van der Waals surface area (Å²) in [6.45, 7) is 6.63. The van der Waals surface area contributed by atoms with Crippen LogP contribution in [0.4, 0.5) is 4.79 Å². The standard InChI is InChI=1S/C34H44N10O3/c1-40-17-19-41(20-18-40)27-9-13-42(14-10-27)32(45)30(22-24-7-8-29-26(21-24)23-35-38-29)36-33(46)43-15-11-28(12-16-43)44-34(47)37-31(39-44)25-5-3-2-4-6-25/h2-8,21,23,27-28,30H,9-20,22H2,1H3,(H,35,38)(H,36,46)(H,37,39,47). The maximum atomic E-state index is 14.1. The smallest absolute Gasteiger partial charge is 0.341 e. The number of aromatic amines is 2. The number of piperazine rings is 1. The summed E-state index contributed by atoms with van der Waals surface area (Å²) >= 11 is 0. The molecule has 0 aliphatic carbocycles. The highest BCUT2D eigenvalue weighted by Gasteiger charge is 2.34. The minimum Gasteiger partial charge on any atom is -0.341 e. The largest absolute Gasteiger partial charge is 0.343 e. The Hall–Kier alpha value is -4.49. The quantitative estimate of drug-likeness (QED) is 0.282. The normalized spacial score (nSPS) is 19.7. The van der Waals surface area contributed by atoms with Crippen molar-refractivity contribution in [2.45, 2.75) is 50.2 Å². The third kappa shape index (κ3) is 6.96. The third-order valence-corrected chi connectivity index (χ3v) is 10.2. The molecule has 0 saturated carbocycles. The second-order valence-electron chi connectivity index (χ2n) is 13.2. The van der Waals surface area contributed by atoms with Gasteiger partial charge in [-0.25, -0.2) is 14.3 Å². The number of likely N-dealkylation sites (N-methyl/N-ethyl adjacent to an activating group) is 1. The van der Waals surface area contributed by atoms with Crippen molar-refractivity contribution in [2.24, 2.45) is 0 Å². The van der Waals surface area contributed by atoms with Crippen LogP contribution < -0.4 is 11.0 Å². The molecule has 0 radical (unpaired) electrons.